The summed E-state index contributed by atoms with van der Waals surface area (Å²) in [5, 5.41) is -0.618. The van der Waals surface area contributed by atoms with Crippen molar-refractivity contribution in [3.8, 4) is 0 Å². The van der Waals surface area contributed by atoms with Crippen molar-refractivity contribution in [2.45, 2.75) is 37.5 Å². The van der Waals surface area contributed by atoms with Gasteiger partial charge in [-0.3, -0.25) is 9.52 Å². The Labute approximate surface area is 137 Å². The van der Waals surface area contributed by atoms with Gasteiger partial charge in [-0.2, -0.15) is 0 Å². The van der Waals surface area contributed by atoms with Crippen molar-refractivity contribution < 1.29 is 17.9 Å². The molecule has 1 heterocycles. The number of rotatable bonds is 5. The van der Waals surface area contributed by atoms with Gasteiger partial charge < -0.3 is 9.64 Å². The van der Waals surface area contributed by atoms with Gasteiger partial charge in [0, 0.05) is 25.9 Å². The van der Waals surface area contributed by atoms with E-state index in [1.54, 1.807) is 43.0 Å². The average Bonchev–Trinajstić information content (AvgIpc) is 2.55. The molecule has 1 amide bonds. The van der Waals surface area contributed by atoms with Crippen molar-refractivity contribution in [2.75, 3.05) is 24.9 Å². The van der Waals surface area contributed by atoms with Gasteiger partial charge in [0.2, 0.25) is 10.0 Å². The molecule has 23 heavy (non-hydrogen) atoms. The predicted octanol–water partition coefficient (Wildman–Crippen LogP) is 1.84. The number of ether oxygens (including phenoxy) is 1. The monoisotopic (exact) mass is 340 g/mol. The van der Waals surface area contributed by atoms with Gasteiger partial charge in [0.05, 0.1) is 5.25 Å². The van der Waals surface area contributed by atoms with Crippen LogP contribution in [0.2, 0.25) is 0 Å². The molecule has 1 aliphatic rings. The van der Waals surface area contributed by atoms with Crippen LogP contribution in [0.15, 0.2) is 30.3 Å². The zero-order valence-corrected chi connectivity index (χ0v) is 14.6. The number of sulfonamides is 1. The van der Waals surface area contributed by atoms with E-state index >= 15 is 0 Å². The van der Waals surface area contributed by atoms with Crippen LogP contribution < -0.4 is 4.72 Å². The van der Waals surface area contributed by atoms with E-state index < -0.39 is 20.9 Å². The highest BCUT2D eigenvalue weighted by molar-refractivity contribution is 7.93. The van der Waals surface area contributed by atoms with E-state index in [0.29, 0.717) is 25.1 Å². The molecular formula is C16H24N2O4S. The van der Waals surface area contributed by atoms with Gasteiger partial charge in [0.25, 0.3) is 5.91 Å². The fourth-order valence-corrected chi connectivity index (χ4v) is 4.08. The second-order valence-electron chi connectivity index (χ2n) is 6.24. The van der Waals surface area contributed by atoms with Crippen LogP contribution in [0.25, 0.3) is 0 Å². The van der Waals surface area contributed by atoms with Crippen molar-refractivity contribution in [1.82, 2.24) is 4.90 Å². The zero-order valence-electron chi connectivity index (χ0n) is 13.8. The Bertz CT molecular complexity index is 643. The molecule has 6 nitrogen and oxygen atoms in total. The summed E-state index contributed by atoms with van der Waals surface area (Å²) >= 11 is 0. The van der Waals surface area contributed by atoms with Gasteiger partial charge in [0.15, 0.2) is 0 Å². The number of nitrogens with one attached hydrogen (secondary N) is 1. The van der Waals surface area contributed by atoms with Crippen molar-refractivity contribution in [3.05, 3.63) is 30.3 Å². The normalized spacial score (nSPS) is 19.4. The average molecular weight is 340 g/mol. The Morgan fingerprint density at radius 3 is 2.57 bits per heavy atom. The highest BCUT2D eigenvalue weighted by Gasteiger charge is 2.38. The lowest BCUT2D eigenvalue weighted by Crippen LogP contribution is -2.53. The molecule has 0 spiro atoms. The number of likely N-dealkylation sites (tertiary alicyclic amines) is 1. The van der Waals surface area contributed by atoms with Crippen LogP contribution in [-0.2, 0) is 19.6 Å². The molecule has 1 aromatic carbocycles. The molecule has 0 bridgehead atoms. The van der Waals surface area contributed by atoms with Crippen molar-refractivity contribution in [2.24, 2.45) is 0 Å². The Hall–Kier alpha value is -1.60. The third kappa shape index (κ3) is 4.23. The second kappa shape index (κ2) is 6.88. The summed E-state index contributed by atoms with van der Waals surface area (Å²) in [7, 11) is -2.06. The lowest BCUT2D eigenvalue weighted by molar-refractivity contribution is -0.151. The van der Waals surface area contributed by atoms with Gasteiger partial charge in [0.1, 0.15) is 5.60 Å². The molecule has 1 saturated heterocycles. The van der Waals surface area contributed by atoms with E-state index in [4.69, 9.17) is 4.74 Å². The zero-order chi connectivity index (χ0) is 17.1. The summed E-state index contributed by atoms with van der Waals surface area (Å²) in [6.45, 7) is 4.13. The fraction of sp³-hybridized carbons (Fsp3) is 0.562. The van der Waals surface area contributed by atoms with Crippen LogP contribution in [0, 0.1) is 0 Å². The van der Waals surface area contributed by atoms with E-state index in [9.17, 15) is 13.2 Å². The molecule has 0 radical (unpaired) electrons. The van der Waals surface area contributed by atoms with Crippen LogP contribution in [-0.4, -0.2) is 50.3 Å². The second-order valence-corrected chi connectivity index (χ2v) is 8.20. The third-order valence-electron chi connectivity index (χ3n) is 4.16. The number of carbonyl (C=O) groups is 1. The summed E-state index contributed by atoms with van der Waals surface area (Å²) in [6.07, 6.45) is 1.20. The molecule has 1 aromatic rings. The first-order chi connectivity index (χ1) is 10.8. The number of hydrogen-bond donors (Lipinski definition) is 1. The summed E-state index contributed by atoms with van der Waals surface area (Å²) in [5.41, 5.74) is -0.411. The number of piperidine rings is 1. The van der Waals surface area contributed by atoms with Crippen LogP contribution in [0.3, 0.4) is 0 Å². The Kier molecular flexibility index (Phi) is 5.31. The Morgan fingerprint density at radius 1 is 1.30 bits per heavy atom. The molecule has 0 aliphatic carbocycles. The molecular weight excluding hydrogens is 316 g/mol. The third-order valence-corrected chi connectivity index (χ3v) is 5.95. The van der Waals surface area contributed by atoms with E-state index in [2.05, 4.69) is 4.72 Å². The van der Waals surface area contributed by atoms with Crippen LogP contribution in [0.4, 0.5) is 5.69 Å². The number of amides is 1. The maximum Gasteiger partial charge on any atom is 0.254 e. The first-order valence-corrected chi connectivity index (χ1v) is 9.22. The molecule has 1 fully saturated rings. The summed E-state index contributed by atoms with van der Waals surface area (Å²) < 4.78 is 32.9. The summed E-state index contributed by atoms with van der Waals surface area (Å²) in [6, 6.07) is 8.78. The van der Waals surface area contributed by atoms with Crippen molar-refractivity contribution in [3.63, 3.8) is 0 Å². The smallest absolute Gasteiger partial charge is 0.254 e. The molecule has 1 atom stereocenters. The van der Waals surface area contributed by atoms with Crippen molar-refractivity contribution >= 4 is 21.6 Å². The molecule has 1 N–H and O–H groups in total. The quantitative estimate of drug-likeness (QED) is 0.887. The molecule has 0 saturated carbocycles. The Balaban J connectivity index is 2.10. The highest BCUT2D eigenvalue weighted by atomic mass is 32.2. The number of methoxy groups -OCH3 is 1. The molecule has 128 valence electrons. The molecule has 7 heteroatoms. The first kappa shape index (κ1) is 17.7. The number of carbonyl (C=O) groups excluding carboxylic acids is 1. The van der Waals surface area contributed by atoms with Crippen molar-refractivity contribution in [1.29, 1.82) is 0 Å². The van der Waals surface area contributed by atoms with Crippen LogP contribution >= 0.6 is 0 Å². The molecule has 0 aromatic heterocycles. The largest absolute Gasteiger partial charge is 0.369 e. The standard InChI is InChI=1S/C16H24N2O4S/c1-16(2,22-3)15(19)18-11-7-10-14(12-18)23(20,21)17-13-8-5-4-6-9-13/h4-6,8-9,14,17H,7,10-12H2,1-3H3/t14-/m1/s1. The number of anilines is 1. The lowest BCUT2D eigenvalue weighted by atomic mass is 10.0. The minimum Gasteiger partial charge on any atom is -0.369 e. The van der Waals surface area contributed by atoms with Gasteiger partial charge in [-0.15, -0.1) is 0 Å². The van der Waals surface area contributed by atoms with E-state index in [1.165, 1.54) is 7.11 Å². The minimum atomic E-state index is -3.54. The van der Waals surface area contributed by atoms with Gasteiger partial charge >= 0.3 is 0 Å². The van der Waals surface area contributed by atoms with E-state index in [1.807, 2.05) is 6.07 Å². The number of nitrogens with zero attached hydrogens (tertiary/aromatic N) is 1. The van der Waals surface area contributed by atoms with Gasteiger partial charge in [-0.25, -0.2) is 8.42 Å². The molecule has 2 rings (SSSR count). The Morgan fingerprint density at radius 2 is 1.96 bits per heavy atom. The van der Waals surface area contributed by atoms with Crippen LogP contribution in [0.5, 0.6) is 0 Å². The van der Waals surface area contributed by atoms with Gasteiger partial charge in [-0.1, -0.05) is 18.2 Å². The maximum absolute atomic E-state index is 12.6. The van der Waals surface area contributed by atoms with Gasteiger partial charge in [-0.05, 0) is 38.8 Å². The number of hydrogen-bond acceptors (Lipinski definition) is 4. The lowest BCUT2D eigenvalue weighted by Gasteiger charge is -2.36. The summed E-state index contributed by atoms with van der Waals surface area (Å²) in [5.74, 6) is -0.181. The number of benzene rings is 1. The minimum absolute atomic E-state index is 0.181. The molecule has 1 aliphatic heterocycles. The van der Waals surface area contributed by atoms with Crippen LogP contribution in [0.1, 0.15) is 26.7 Å². The maximum atomic E-state index is 12.6. The first-order valence-electron chi connectivity index (χ1n) is 7.67. The topological polar surface area (TPSA) is 75.7 Å². The highest BCUT2D eigenvalue weighted by Crippen LogP contribution is 2.22. The fourth-order valence-electron chi connectivity index (χ4n) is 2.60. The van der Waals surface area contributed by atoms with E-state index in [0.717, 1.165) is 0 Å². The summed E-state index contributed by atoms with van der Waals surface area (Å²) in [4.78, 5) is 14.1. The SMILES string of the molecule is COC(C)(C)C(=O)N1CCC[C@@H](S(=O)(=O)Nc2ccccc2)C1. The van der Waals surface area contributed by atoms with E-state index in [-0.39, 0.29) is 12.5 Å². The number of para-hydroxylation sites is 1. The molecule has 0 unspecified atom stereocenters. The predicted molar refractivity (Wildman–Crippen MR) is 89.7 cm³/mol.